The number of aromatic nitrogens is 1. The number of methoxy groups -OCH3 is 1. The second-order valence-corrected chi connectivity index (χ2v) is 5.33. The third-order valence-corrected chi connectivity index (χ3v) is 4.38. The Bertz CT molecular complexity index is 460. The number of hydrogen-bond acceptors (Lipinski definition) is 2. The molecule has 100 valence electrons. The molecule has 0 bridgehead atoms. The second kappa shape index (κ2) is 5.27. The van der Waals surface area contributed by atoms with Crippen LogP contribution in [0.5, 0.6) is 0 Å². The molecule has 3 nitrogen and oxygen atoms in total. The maximum Gasteiger partial charge on any atom is 0.251 e. The first-order valence-corrected chi connectivity index (χ1v) is 6.87. The van der Waals surface area contributed by atoms with Gasteiger partial charge in [0.15, 0.2) is 0 Å². The van der Waals surface area contributed by atoms with Crippen molar-refractivity contribution in [3.05, 3.63) is 34.2 Å². The van der Waals surface area contributed by atoms with Crippen LogP contribution < -0.4 is 5.56 Å². The van der Waals surface area contributed by atoms with Gasteiger partial charge in [-0.25, -0.2) is 0 Å². The Morgan fingerprint density at radius 3 is 2.89 bits per heavy atom. The quantitative estimate of drug-likeness (QED) is 0.824. The second-order valence-electron chi connectivity index (χ2n) is 5.33. The molecule has 1 saturated carbocycles. The molecule has 1 fully saturated rings. The fourth-order valence-electron chi connectivity index (χ4n) is 3.23. The molecule has 0 radical (unpaired) electrons. The summed E-state index contributed by atoms with van der Waals surface area (Å²) in [5, 5.41) is 0. The van der Waals surface area contributed by atoms with Crippen LogP contribution in [0.25, 0.3) is 0 Å². The molecule has 1 aromatic heterocycles. The van der Waals surface area contributed by atoms with Crippen molar-refractivity contribution in [3.8, 4) is 0 Å². The van der Waals surface area contributed by atoms with Crippen molar-refractivity contribution < 1.29 is 4.74 Å². The highest BCUT2D eigenvalue weighted by Gasteiger charge is 2.40. The molecule has 0 spiro atoms. The highest BCUT2D eigenvalue weighted by molar-refractivity contribution is 5.10. The molecule has 3 heteroatoms. The van der Waals surface area contributed by atoms with E-state index in [4.69, 9.17) is 4.74 Å². The zero-order valence-electron chi connectivity index (χ0n) is 11.6. The van der Waals surface area contributed by atoms with Crippen LogP contribution in [0, 0.1) is 6.92 Å². The Morgan fingerprint density at radius 1 is 1.50 bits per heavy atom. The zero-order valence-corrected chi connectivity index (χ0v) is 11.6. The van der Waals surface area contributed by atoms with Crippen LogP contribution in [0.15, 0.2) is 23.1 Å². The fourth-order valence-corrected chi connectivity index (χ4v) is 3.23. The maximum atomic E-state index is 12.2. The van der Waals surface area contributed by atoms with Crippen molar-refractivity contribution in [2.75, 3.05) is 7.11 Å². The fraction of sp³-hybridized carbons (Fsp3) is 0.667. The van der Waals surface area contributed by atoms with Crippen LogP contribution in [-0.4, -0.2) is 17.3 Å². The average molecular weight is 249 g/mol. The Hall–Kier alpha value is -1.09. The van der Waals surface area contributed by atoms with Crippen LogP contribution >= 0.6 is 0 Å². The first kappa shape index (κ1) is 13.3. The summed E-state index contributed by atoms with van der Waals surface area (Å²) in [4.78, 5) is 12.2. The van der Waals surface area contributed by atoms with Crippen molar-refractivity contribution in [2.45, 2.75) is 57.6 Å². The third kappa shape index (κ3) is 2.24. The molecule has 2 rings (SSSR count). The topological polar surface area (TPSA) is 31.2 Å². The lowest BCUT2D eigenvalue weighted by Crippen LogP contribution is -2.46. The van der Waals surface area contributed by atoms with Crippen LogP contribution in [0.3, 0.4) is 0 Å². The van der Waals surface area contributed by atoms with Gasteiger partial charge in [0.25, 0.3) is 5.56 Å². The van der Waals surface area contributed by atoms with E-state index in [1.54, 1.807) is 13.2 Å². The normalized spacial score (nSPS) is 28.3. The Morgan fingerprint density at radius 2 is 2.28 bits per heavy atom. The van der Waals surface area contributed by atoms with E-state index < -0.39 is 0 Å². The van der Waals surface area contributed by atoms with E-state index in [0.29, 0.717) is 0 Å². The minimum Gasteiger partial charge on any atom is -0.376 e. The van der Waals surface area contributed by atoms with Gasteiger partial charge in [-0.15, -0.1) is 0 Å². The van der Waals surface area contributed by atoms with Gasteiger partial charge in [0.2, 0.25) is 0 Å². The molecule has 1 aromatic rings. The van der Waals surface area contributed by atoms with E-state index in [0.717, 1.165) is 24.8 Å². The van der Waals surface area contributed by atoms with Crippen molar-refractivity contribution in [1.82, 2.24) is 4.57 Å². The highest BCUT2D eigenvalue weighted by atomic mass is 16.5. The standard InChI is InChI=1S/C15H23NO2/c1-4-15(18-3)9-6-5-7-13(15)16-10-8-12(2)11-14(16)17/h8,10-11,13H,4-7,9H2,1-3H3/t13-,15-/m1/s1. The van der Waals surface area contributed by atoms with Gasteiger partial charge in [-0.2, -0.15) is 0 Å². The summed E-state index contributed by atoms with van der Waals surface area (Å²) in [5.74, 6) is 0. The first-order valence-electron chi connectivity index (χ1n) is 6.87. The van der Waals surface area contributed by atoms with E-state index >= 15 is 0 Å². The number of rotatable bonds is 3. The van der Waals surface area contributed by atoms with Gasteiger partial charge in [-0.1, -0.05) is 19.8 Å². The van der Waals surface area contributed by atoms with Crippen LogP contribution in [-0.2, 0) is 4.74 Å². The van der Waals surface area contributed by atoms with Gasteiger partial charge in [-0.05, 0) is 37.8 Å². The summed E-state index contributed by atoms with van der Waals surface area (Å²) >= 11 is 0. The number of pyridine rings is 1. The lowest BCUT2D eigenvalue weighted by Gasteiger charge is -2.43. The summed E-state index contributed by atoms with van der Waals surface area (Å²) in [6.45, 7) is 4.11. The average Bonchev–Trinajstić information content (AvgIpc) is 2.39. The van der Waals surface area contributed by atoms with E-state index in [9.17, 15) is 4.79 Å². The lowest BCUT2D eigenvalue weighted by molar-refractivity contribution is -0.0802. The zero-order chi connectivity index (χ0) is 13.2. The predicted molar refractivity (Wildman–Crippen MR) is 73.0 cm³/mol. The molecule has 0 aliphatic heterocycles. The van der Waals surface area contributed by atoms with Crippen molar-refractivity contribution in [2.24, 2.45) is 0 Å². The van der Waals surface area contributed by atoms with Crippen molar-refractivity contribution in [1.29, 1.82) is 0 Å². The van der Waals surface area contributed by atoms with E-state index in [1.165, 1.54) is 12.8 Å². The summed E-state index contributed by atoms with van der Waals surface area (Å²) in [5.41, 5.74) is 0.945. The van der Waals surface area contributed by atoms with Gasteiger partial charge in [0, 0.05) is 19.4 Å². The first-order chi connectivity index (χ1) is 8.63. The molecule has 0 N–H and O–H groups in total. The number of hydrogen-bond donors (Lipinski definition) is 0. The van der Waals surface area contributed by atoms with Crippen LogP contribution in [0.2, 0.25) is 0 Å². The molecule has 1 aliphatic rings. The Balaban J connectivity index is 2.43. The predicted octanol–water partition coefficient (Wildman–Crippen LogP) is 3.07. The van der Waals surface area contributed by atoms with E-state index in [2.05, 4.69) is 6.92 Å². The van der Waals surface area contributed by atoms with Gasteiger partial charge < -0.3 is 9.30 Å². The number of nitrogens with zero attached hydrogens (tertiary/aromatic N) is 1. The molecule has 0 unspecified atom stereocenters. The van der Waals surface area contributed by atoms with E-state index in [1.807, 2.05) is 23.8 Å². The summed E-state index contributed by atoms with van der Waals surface area (Å²) in [7, 11) is 1.78. The Kier molecular flexibility index (Phi) is 3.91. The minimum absolute atomic E-state index is 0.0942. The monoisotopic (exact) mass is 249 g/mol. The van der Waals surface area contributed by atoms with Crippen LogP contribution in [0.1, 0.15) is 50.6 Å². The minimum atomic E-state index is -0.169. The van der Waals surface area contributed by atoms with Crippen LogP contribution in [0.4, 0.5) is 0 Å². The summed E-state index contributed by atoms with van der Waals surface area (Å²) in [6.07, 6.45) is 7.33. The molecule has 0 saturated heterocycles. The summed E-state index contributed by atoms with van der Waals surface area (Å²) < 4.78 is 7.69. The molecular weight excluding hydrogens is 226 g/mol. The maximum absolute atomic E-state index is 12.2. The Labute approximate surface area is 109 Å². The van der Waals surface area contributed by atoms with Gasteiger partial charge in [0.05, 0.1) is 11.6 Å². The SMILES string of the molecule is CC[C@@]1(OC)CCCC[C@H]1n1ccc(C)cc1=O. The van der Waals surface area contributed by atoms with E-state index in [-0.39, 0.29) is 17.2 Å². The molecular formula is C15H23NO2. The largest absolute Gasteiger partial charge is 0.376 e. The van der Waals surface area contributed by atoms with Crippen molar-refractivity contribution >= 4 is 0 Å². The van der Waals surface area contributed by atoms with Gasteiger partial charge >= 0.3 is 0 Å². The smallest absolute Gasteiger partial charge is 0.251 e. The van der Waals surface area contributed by atoms with Crippen molar-refractivity contribution in [3.63, 3.8) is 0 Å². The molecule has 2 atom stereocenters. The molecule has 1 aliphatic carbocycles. The molecule has 0 amide bonds. The van der Waals surface area contributed by atoms with Gasteiger partial charge in [0.1, 0.15) is 0 Å². The third-order valence-electron chi connectivity index (χ3n) is 4.38. The highest BCUT2D eigenvalue weighted by Crippen LogP contribution is 2.41. The molecule has 1 heterocycles. The number of ether oxygens (including phenoxy) is 1. The number of aryl methyl sites for hydroxylation is 1. The molecule has 0 aromatic carbocycles. The summed E-state index contributed by atoms with van der Waals surface area (Å²) in [6, 6.07) is 3.89. The molecule has 18 heavy (non-hydrogen) atoms. The van der Waals surface area contributed by atoms with Gasteiger partial charge in [-0.3, -0.25) is 4.79 Å². The lowest BCUT2D eigenvalue weighted by atomic mass is 9.78.